The fraction of sp³-hybridized carbons (Fsp3) is 0.375. The number of aryl methyl sites for hydroxylation is 2. The summed E-state index contributed by atoms with van der Waals surface area (Å²) in [6, 6.07) is 5.55. The summed E-state index contributed by atoms with van der Waals surface area (Å²) in [5.74, 6) is 3.37. The highest BCUT2D eigenvalue weighted by Crippen LogP contribution is 2.29. The van der Waals surface area contributed by atoms with E-state index >= 15 is 0 Å². The van der Waals surface area contributed by atoms with Crippen LogP contribution in [0.25, 0.3) is 0 Å². The summed E-state index contributed by atoms with van der Waals surface area (Å²) in [6.07, 6.45) is 0. The molecule has 0 aliphatic rings. The molecule has 0 bridgehead atoms. The van der Waals surface area contributed by atoms with Gasteiger partial charge in [-0.25, -0.2) is 4.98 Å². The van der Waals surface area contributed by atoms with Gasteiger partial charge in [-0.1, -0.05) is 0 Å². The summed E-state index contributed by atoms with van der Waals surface area (Å²) < 4.78 is 16.0. The number of hydrogen-bond donors (Lipinski definition) is 2. The largest absolute Gasteiger partial charge is 0.493 e. The minimum Gasteiger partial charge on any atom is -0.493 e. The van der Waals surface area contributed by atoms with Gasteiger partial charge < -0.3 is 24.5 Å². The second kappa shape index (κ2) is 9.36. The summed E-state index contributed by atoms with van der Waals surface area (Å²) in [6.45, 7) is 4.25. The predicted octanol–water partition coefficient (Wildman–Crippen LogP) is 3.11. The number of nitrogens with one attached hydrogen (secondary N) is 2. The Morgan fingerprint density at radius 3 is 2.46 bits per heavy atom. The second-order valence-corrected chi connectivity index (χ2v) is 4.87. The monoisotopic (exact) mass is 446 g/mol. The third kappa shape index (κ3) is 5.02. The van der Waals surface area contributed by atoms with Gasteiger partial charge in [-0.3, -0.25) is 4.99 Å². The Bertz CT molecular complexity index is 681. The van der Waals surface area contributed by atoms with Crippen LogP contribution in [0.2, 0.25) is 0 Å². The zero-order valence-electron chi connectivity index (χ0n) is 14.5. The Balaban J connectivity index is 0.00000288. The van der Waals surface area contributed by atoms with Crippen molar-refractivity contribution in [1.82, 2.24) is 10.3 Å². The van der Waals surface area contributed by atoms with E-state index in [1.54, 1.807) is 21.3 Å². The lowest BCUT2D eigenvalue weighted by Crippen LogP contribution is -2.30. The molecule has 0 spiro atoms. The normalized spacial score (nSPS) is 10.8. The number of oxazole rings is 1. The molecule has 0 atom stereocenters. The van der Waals surface area contributed by atoms with Gasteiger partial charge in [0.1, 0.15) is 5.76 Å². The molecular formula is C16H23IN4O3. The molecule has 132 valence electrons. The highest BCUT2D eigenvalue weighted by atomic mass is 127. The maximum Gasteiger partial charge on any atom is 0.214 e. The second-order valence-electron chi connectivity index (χ2n) is 4.87. The van der Waals surface area contributed by atoms with E-state index in [1.807, 2.05) is 32.0 Å². The summed E-state index contributed by atoms with van der Waals surface area (Å²) in [5, 5.41) is 6.33. The van der Waals surface area contributed by atoms with Crippen LogP contribution in [0.3, 0.4) is 0 Å². The van der Waals surface area contributed by atoms with Gasteiger partial charge in [0.05, 0.1) is 26.5 Å². The molecule has 0 saturated heterocycles. The molecule has 24 heavy (non-hydrogen) atoms. The molecule has 8 heteroatoms. The number of aromatic nitrogens is 1. The fourth-order valence-electron chi connectivity index (χ4n) is 2.00. The third-order valence-electron chi connectivity index (χ3n) is 3.35. The molecule has 0 fully saturated rings. The quantitative estimate of drug-likeness (QED) is 0.418. The predicted molar refractivity (Wildman–Crippen MR) is 105 cm³/mol. The molecule has 0 saturated carbocycles. The standard InChI is InChI=1S/C16H22N4O3.HI/c1-10-11(2)23-15(19-10)9-18-16(17-3)20-12-6-7-13(21-4)14(8-12)22-5;/h6-8H,9H2,1-5H3,(H2,17,18,20);1H. The first kappa shape index (κ1) is 20.1. The fourth-order valence-corrected chi connectivity index (χ4v) is 2.00. The van der Waals surface area contributed by atoms with Gasteiger partial charge in [-0.05, 0) is 26.0 Å². The van der Waals surface area contributed by atoms with E-state index in [0.717, 1.165) is 17.1 Å². The molecule has 2 N–H and O–H groups in total. The van der Waals surface area contributed by atoms with Crippen LogP contribution in [-0.2, 0) is 6.54 Å². The minimum atomic E-state index is 0. The zero-order valence-corrected chi connectivity index (χ0v) is 16.8. The molecule has 1 aromatic carbocycles. The van der Waals surface area contributed by atoms with Crippen LogP contribution in [0.5, 0.6) is 11.5 Å². The lowest BCUT2D eigenvalue weighted by molar-refractivity contribution is 0.355. The first-order valence-electron chi connectivity index (χ1n) is 7.20. The molecule has 0 radical (unpaired) electrons. The van der Waals surface area contributed by atoms with E-state index in [0.29, 0.717) is 29.9 Å². The average Bonchev–Trinajstić information content (AvgIpc) is 2.89. The van der Waals surface area contributed by atoms with Crippen LogP contribution in [0.1, 0.15) is 17.3 Å². The van der Waals surface area contributed by atoms with Crippen molar-refractivity contribution in [2.24, 2.45) is 4.99 Å². The number of benzene rings is 1. The number of anilines is 1. The van der Waals surface area contributed by atoms with Gasteiger partial charge in [0, 0.05) is 18.8 Å². The van der Waals surface area contributed by atoms with Crippen LogP contribution in [0, 0.1) is 13.8 Å². The number of rotatable bonds is 5. The Hall–Kier alpha value is -1.97. The van der Waals surface area contributed by atoms with Crippen molar-refractivity contribution in [3.63, 3.8) is 0 Å². The molecular weight excluding hydrogens is 423 g/mol. The average molecular weight is 446 g/mol. The molecule has 2 rings (SSSR count). The molecule has 2 aromatic rings. The van der Waals surface area contributed by atoms with Crippen LogP contribution in [0.4, 0.5) is 5.69 Å². The maximum absolute atomic E-state index is 5.53. The molecule has 1 heterocycles. The van der Waals surface area contributed by atoms with Gasteiger partial charge in [0.15, 0.2) is 17.5 Å². The van der Waals surface area contributed by atoms with Crippen molar-refractivity contribution in [3.05, 3.63) is 35.5 Å². The number of aliphatic imine (C=N–C) groups is 1. The summed E-state index contributed by atoms with van der Waals surface area (Å²) >= 11 is 0. The molecule has 0 aliphatic carbocycles. The maximum atomic E-state index is 5.53. The Morgan fingerprint density at radius 2 is 1.92 bits per heavy atom. The highest BCUT2D eigenvalue weighted by molar-refractivity contribution is 14.0. The van der Waals surface area contributed by atoms with Crippen LogP contribution >= 0.6 is 24.0 Å². The van der Waals surface area contributed by atoms with Gasteiger partial charge in [-0.15, -0.1) is 24.0 Å². The van der Waals surface area contributed by atoms with Crippen molar-refractivity contribution >= 4 is 35.6 Å². The van der Waals surface area contributed by atoms with Gasteiger partial charge >= 0.3 is 0 Å². The molecule has 0 amide bonds. The van der Waals surface area contributed by atoms with Crippen molar-refractivity contribution in [1.29, 1.82) is 0 Å². The van der Waals surface area contributed by atoms with E-state index in [-0.39, 0.29) is 24.0 Å². The van der Waals surface area contributed by atoms with Gasteiger partial charge in [0.25, 0.3) is 0 Å². The van der Waals surface area contributed by atoms with Crippen molar-refractivity contribution in [2.45, 2.75) is 20.4 Å². The topological polar surface area (TPSA) is 80.9 Å². The molecule has 0 unspecified atom stereocenters. The SMILES string of the molecule is CN=C(NCc1nc(C)c(C)o1)Nc1ccc(OC)c(OC)c1.I. The number of nitrogens with zero attached hydrogens (tertiary/aromatic N) is 2. The lowest BCUT2D eigenvalue weighted by Gasteiger charge is -2.13. The summed E-state index contributed by atoms with van der Waals surface area (Å²) in [5.41, 5.74) is 1.72. The van der Waals surface area contributed by atoms with E-state index < -0.39 is 0 Å². The third-order valence-corrected chi connectivity index (χ3v) is 3.35. The van der Waals surface area contributed by atoms with E-state index in [2.05, 4.69) is 20.6 Å². The minimum absolute atomic E-state index is 0. The molecule has 1 aromatic heterocycles. The van der Waals surface area contributed by atoms with Crippen molar-refractivity contribution < 1.29 is 13.9 Å². The van der Waals surface area contributed by atoms with Crippen LogP contribution in [0.15, 0.2) is 27.6 Å². The summed E-state index contributed by atoms with van der Waals surface area (Å²) in [4.78, 5) is 8.50. The van der Waals surface area contributed by atoms with E-state index in [9.17, 15) is 0 Å². The Morgan fingerprint density at radius 1 is 1.21 bits per heavy atom. The zero-order chi connectivity index (χ0) is 16.8. The summed E-state index contributed by atoms with van der Waals surface area (Å²) in [7, 11) is 4.90. The smallest absolute Gasteiger partial charge is 0.214 e. The van der Waals surface area contributed by atoms with Crippen molar-refractivity contribution in [3.8, 4) is 11.5 Å². The van der Waals surface area contributed by atoms with E-state index in [1.165, 1.54) is 0 Å². The number of ether oxygens (including phenoxy) is 2. The Labute approximate surface area is 158 Å². The Kier molecular flexibility index (Phi) is 7.83. The molecule has 7 nitrogen and oxygen atoms in total. The lowest BCUT2D eigenvalue weighted by atomic mass is 10.3. The first-order chi connectivity index (χ1) is 11.1. The molecule has 0 aliphatic heterocycles. The van der Waals surface area contributed by atoms with Crippen LogP contribution in [-0.4, -0.2) is 32.2 Å². The number of guanidine groups is 1. The van der Waals surface area contributed by atoms with Crippen LogP contribution < -0.4 is 20.1 Å². The van der Waals surface area contributed by atoms with Gasteiger partial charge in [0.2, 0.25) is 5.89 Å². The highest BCUT2D eigenvalue weighted by Gasteiger charge is 2.08. The number of hydrogen-bond acceptors (Lipinski definition) is 5. The first-order valence-corrected chi connectivity index (χ1v) is 7.20. The van der Waals surface area contributed by atoms with Gasteiger partial charge in [-0.2, -0.15) is 0 Å². The van der Waals surface area contributed by atoms with Crippen molar-refractivity contribution in [2.75, 3.05) is 26.6 Å². The number of methoxy groups -OCH3 is 2. The number of halogens is 1. The van der Waals surface area contributed by atoms with E-state index in [4.69, 9.17) is 13.9 Å².